The van der Waals surface area contributed by atoms with Crippen molar-refractivity contribution in [3.63, 3.8) is 0 Å². The predicted molar refractivity (Wildman–Crippen MR) is 88.2 cm³/mol. The molecular formula is C16H21ClN2S. The fraction of sp³-hybridized carbons (Fsp3) is 0.375. The van der Waals surface area contributed by atoms with Gasteiger partial charge < -0.3 is 5.73 Å². The molecular weight excluding hydrogens is 288 g/mol. The zero-order valence-corrected chi connectivity index (χ0v) is 13.5. The number of halogens is 1. The van der Waals surface area contributed by atoms with Crippen LogP contribution in [0.25, 0.3) is 0 Å². The highest BCUT2D eigenvalue weighted by atomic mass is 35.5. The smallest absolute Gasteiger partial charge is 0.0499 e. The second-order valence-electron chi connectivity index (χ2n) is 5.06. The first kappa shape index (κ1) is 15.5. The number of nitrogens with zero attached hydrogens (tertiary/aromatic N) is 1. The summed E-state index contributed by atoms with van der Waals surface area (Å²) in [6.07, 6.45) is 0.947. The average Bonchev–Trinajstić information content (AvgIpc) is 2.94. The van der Waals surface area contributed by atoms with E-state index in [0.717, 1.165) is 18.0 Å². The van der Waals surface area contributed by atoms with Crippen molar-refractivity contribution in [1.82, 2.24) is 4.90 Å². The molecule has 2 N–H and O–H groups in total. The Labute approximate surface area is 130 Å². The van der Waals surface area contributed by atoms with E-state index in [0.29, 0.717) is 0 Å². The number of likely N-dealkylation sites (N-methyl/N-ethyl adjacent to an activating group) is 1. The van der Waals surface area contributed by atoms with Crippen LogP contribution in [0.3, 0.4) is 0 Å². The summed E-state index contributed by atoms with van der Waals surface area (Å²) in [5.41, 5.74) is 7.57. The van der Waals surface area contributed by atoms with Gasteiger partial charge in [0, 0.05) is 28.5 Å². The van der Waals surface area contributed by atoms with Gasteiger partial charge in [-0.3, -0.25) is 4.90 Å². The number of rotatable bonds is 6. The molecule has 0 bridgehead atoms. The van der Waals surface area contributed by atoms with Gasteiger partial charge in [-0.2, -0.15) is 0 Å². The fourth-order valence-corrected chi connectivity index (χ4v) is 3.35. The molecule has 0 aliphatic rings. The predicted octanol–water partition coefficient (Wildman–Crippen LogP) is 4.31. The highest BCUT2D eigenvalue weighted by Crippen LogP contribution is 2.27. The Balaban J connectivity index is 2.20. The summed E-state index contributed by atoms with van der Waals surface area (Å²) in [6, 6.07) is 12.6. The molecule has 0 fully saturated rings. The van der Waals surface area contributed by atoms with E-state index in [1.54, 1.807) is 11.3 Å². The summed E-state index contributed by atoms with van der Waals surface area (Å²) in [5, 5.41) is 2.87. The van der Waals surface area contributed by atoms with Crippen LogP contribution in [-0.2, 0) is 6.54 Å². The highest BCUT2D eigenvalue weighted by Gasteiger charge is 2.23. The lowest BCUT2D eigenvalue weighted by atomic mass is 9.96. The zero-order valence-electron chi connectivity index (χ0n) is 11.9. The van der Waals surface area contributed by atoms with E-state index < -0.39 is 0 Å². The molecule has 2 unspecified atom stereocenters. The molecule has 1 heterocycles. The summed E-state index contributed by atoms with van der Waals surface area (Å²) in [4.78, 5) is 3.68. The molecule has 2 atom stereocenters. The lowest BCUT2D eigenvalue weighted by Crippen LogP contribution is -2.38. The van der Waals surface area contributed by atoms with Gasteiger partial charge in [-0.25, -0.2) is 0 Å². The summed E-state index contributed by atoms with van der Waals surface area (Å²) in [7, 11) is 2.13. The van der Waals surface area contributed by atoms with Crippen molar-refractivity contribution in [3.8, 4) is 0 Å². The first-order valence-corrected chi connectivity index (χ1v) is 8.11. The SMILES string of the molecule is CCC(N)C(c1ccc(Cl)cc1)N(C)Cc1cccs1. The molecule has 4 heteroatoms. The fourth-order valence-electron chi connectivity index (χ4n) is 2.46. The monoisotopic (exact) mass is 308 g/mol. The standard InChI is InChI=1S/C16H21ClN2S/c1-3-15(18)16(12-6-8-13(17)9-7-12)19(2)11-14-5-4-10-20-14/h4-10,15-16H,3,11,18H2,1-2H3. The van der Waals surface area contributed by atoms with E-state index in [4.69, 9.17) is 17.3 Å². The third kappa shape index (κ3) is 3.83. The van der Waals surface area contributed by atoms with E-state index >= 15 is 0 Å². The Hall–Kier alpha value is -0.870. The van der Waals surface area contributed by atoms with Gasteiger partial charge in [-0.05, 0) is 42.6 Å². The first-order chi connectivity index (χ1) is 9.61. The Morgan fingerprint density at radius 1 is 1.25 bits per heavy atom. The number of hydrogen-bond acceptors (Lipinski definition) is 3. The van der Waals surface area contributed by atoms with Crippen LogP contribution in [0.1, 0.15) is 29.8 Å². The molecule has 20 heavy (non-hydrogen) atoms. The largest absolute Gasteiger partial charge is 0.326 e. The zero-order chi connectivity index (χ0) is 14.5. The van der Waals surface area contributed by atoms with E-state index in [9.17, 15) is 0 Å². The number of thiophene rings is 1. The van der Waals surface area contributed by atoms with Crippen LogP contribution >= 0.6 is 22.9 Å². The minimum absolute atomic E-state index is 0.112. The molecule has 0 aliphatic heterocycles. The molecule has 2 rings (SSSR count). The molecule has 2 aromatic rings. The molecule has 0 saturated carbocycles. The van der Waals surface area contributed by atoms with Gasteiger partial charge in [0.25, 0.3) is 0 Å². The Bertz CT molecular complexity index is 510. The van der Waals surface area contributed by atoms with Crippen molar-refractivity contribution in [2.24, 2.45) is 5.73 Å². The van der Waals surface area contributed by atoms with Gasteiger partial charge in [0.05, 0.1) is 0 Å². The van der Waals surface area contributed by atoms with E-state index in [-0.39, 0.29) is 12.1 Å². The maximum Gasteiger partial charge on any atom is 0.0499 e. The van der Waals surface area contributed by atoms with E-state index in [2.05, 4.69) is 48.5 Å². The minimum Gasteiger partial charge on any atom is -0.326 e. The highest BCUT2D eigenvalue weighted by molar-refractivity contribution is 7.09. The second kappa shape index (κ2) is 7.23. The van der Waals surface area contributed by atoms with Gasteiger partial charge in [0.15, 0.2) is 0 Å². The van der Waals surface area contributed by atoms with Crippen molar-refractivity contribution in [1.29, 1.82) is 0 Å². The van der Waals surface area contributed by atoms with E-state index in [1.165, 1.54) is 10.4 Å². The van der Waals surface area contributed by atoms with Gasteiger partial charge in [0.2, 0.25) is 0 Å². The first-order valence-electron chi connectivity index (χ1n) is 6.85. The van der Waals surface area contributed by atoms with Crippen molar-refractivity contribution in [2.45, 2.75) is 32.0 Å². The molecule has 0 saturated heterocycles. The number of nitrogens with two attached hydrogens (primary N) is 1. The third-order valence-electron chi connectivity index (χ3n) is 3.55. The Kier molecular flexibility index (Phi) is 5.61. The van der Waals surface area contributed by atoms with Crippen LogP contribution < -0.4 is 5.73 Å². The van der Waals surface area contributed by atoms with Crippen molar-refractivity contribution >= 4 is 22.9 Å². The van der Waals surface area contributed by atoms with Crippen molar-refractivity contribution in [3.05, 3.63) is 57.2 Å². The molecule has 2 nitrogen and oxygen atoms in total. The molecule has 1 aromatic carbocycles. The molecule has 0 spiro atoms. The van der Waals surface area contributed by atoms with Gasteiger partial charge in [0.1, 0.15) is 0 Å². The Morgan fingerprint density at radius 2 is 1.95 bits per heavy atom. The lowest BCUT2D eigenvalue weighted by Gasteiger charge is -2.32. The minimum atomic E-state index is 0.112. The number of benzene rings is 1. The molecule has 0 radical (unpaired) electrons. The molecule has 0 aliphatic carbocycles. The Morgan fingerprint density at radius 3 is 2.50 bits per heavy atom. The van der Waals surface area contributed by atoms with Crippen LogP contribution in [0.5, 0.6) is 0 Å². The van der Waals surface area contributed by atoms with Gasteiger partial charge in [-0.1, -0.05) is 36.7 Å². The van der Waals surface area contributed by atoms with Crippen LogP contribution in [0.15, 0.2) is 41.8 Å². The van der Waals surface area contributed by atoms with Crippen LogP contribution in [-0.4, -0.2) is 18.0 Å². The van der Waals surface area contributed by atoms with Crippen LogP contribution in [0.2, 0.25) is 5.02 Å². The third-order valence-corrected chi connectivity index (χ3v) is 4.66. The topological polar surface area (TPSA) is 29.3 Å². The van der Waals surface area contributed by atoms with Gasteiger partial charge >= 0.3 is 0 Å². The normalized spacial score (nSPS) is 14.4. The van der Waals surface area contributed by atoms with Crippen molar-refractivity contribution in [2.75, 3.05) is 7.05 Å². The summed E-state index contributed by atoms with van der Waals surface area (Å²) >= 11 is 7.76. The summed E-state index contributed by atoms with van der Waals surface area (Å²) < 4.78 is 0. The van der Waals surface area contributed by atoms with Crippen LogP contribution in [0, 0.1) is 0 Å². The average molecular weight is 309 g/mol. The van der Waals surface area contributed by atoms with E-state index in [1.807, 2.05) is 12.1 Å². The second-order valence-corrected chi connectivity index (χ2v) is 6.53. The molecule has 1 aromatic heterocycles. The quantitative estimate of drug-likeness (QED) is 0.861. The lowest BCUT2D eigenvalue weighted by molar-refractivity contribution is 0.203. The van der Waals surface area contributed by atoms with Crippen LogP contribution in [0.4, 0.5) is 0 Å². The number of hydrogen-bond donors (Lipinski definition) is 1. The van der Waals surface area contributed by atoms with Gasteiger partial charge in [-0.15, -0.1) is 11.3 Å². The maximum atomic E-state index is 6.35. The summed E-state index contributed by atoms with van der Waals surface area (Å²) in [5.74, 6) is 0. The maximum absolute atomic E-state index is 6.35. The summed E-state index contributed by atoms with van der Waals surface area (Å²) in [6.45, 7) is 3.05. The molecule has 0 amide bonds. The van der Waals surface area contributed by atoms with Crippen molar-refractivity contribution < 1.29 is 0 Å². The molecule has 108 valence electrons.